The van der Waals surface area contributed by atoms with Gasteiger partial charge in [-0.1, -0.05) is 24.6 Å². The van der Waals surface area contributed by atoms with Crippen molar-refractivity contribution in [2.45, 2.75) is 38.7 Å². The third-order valence-electron chi connectivity index (χ3n) is 3.47. The Kier molecular flexibility index (Phi) is 3.22. The van der Waals surface area contributed by atoms with Gasteiger partial charge in [-0.15, -0.1) is 0 Å². The fourth-order valence-corrected chi connectivity index (χ4v) is 2.81. The molecule has 0 amide bonds. The lowest BCUT2D eigenvalue weighted by molar-refractivity contribution is 0.163. The normalized spacial score (nSPS) is 29.6. The van der Waals surface area contributed by atoms with Crippen molar-refractivity contribution in [3.8, 4) is 0 Å². The van der Waals surface area contributed by atoms with Crippen LogP contribution in [0.15, 0.2) is 18.2 Å². The van der Waals surface area contributed by atoms with Crippen molar-refractivity contribution >= 4 is 11.6 Å². The molecule has 0 radical (unpaired) electrons. The Balaban J connectivity index is 2.21. The number of benzene rings is 1. The smallest absolute Gasteiger partial charge is 0.127 e. The molecule has 2 unspecified atom stereocenters. The van der Waals surface area contributed by atoms with Gasteiger partial charge in [-0.05, 0) is 43.2 Å². The highest BCUT2D eigenvalue weighted by atomic mass is 35.5. The van der Waals surface area contributed by atoms with Gasteiger partial charge in [-0.2, -0.15) is 0 Å². The van der Waals surface area contributed by atoms with Crippen LogP contribution < -0.4 is 0 Å². The minimum atomic E-state index is -0.241. The molecule has 1 aliphatic rings. The van der Waals surface area contributed by atoms with Crippen LogP contribution in [0.5, 0.6) is 0 Å². The molecule has 1 aliphatic carbocycles. The van der Waals surface area contributed by atoms with Crippen LogP contribution in [0.2, 0.25) is 5.02 Å². The molecule has 3 heteroatoms. The molecular weight excluding hydrogens is 227 g/mol. The molecule has 2 atom stereocenters. The molecule has 0 bridgehead atoms. The Morgan fingerprint density at radius 1 is 1.56 bits per heavy atom. The molecule has 2 rings (SSSR count). The van der Waals surface area contributed by atoms with Gasteiger partial charge in [-0.25, -0.2) is 4.39 Å². The Morgan fingerprint density at radius 2 is 2.31 bits per heavy atom. The fourth-order valence-electron chi connectivity index (χ4n) is 2.58. The van der Waals surface area contributed by atoms with Gasteiger partial charge in [0.15, 0.2) is 0 Å². The van der Waals surface area contributed by atoms with Crippen molar-refractivity contribution in [1.82, 2.24) is 0 Å². The average Bonchev–Trinajstić information content (AvgIpc) is 2.53. The average molecular weight is 243 g/mol. The highest BCUT2D eigenvalue weighted by molar-refractivity contribution is 6.31. The summed E-state index contributed by atoms with van der Waals surface area (Å²) in [6.45, 7) is 2.09. The van der Waals surface area contributed by atoms with Crippen LogP contribution in [-0.2, 0) is 6.42 Å². The number of rotatable bonds is 2. The van der Waals surface area contributed by atoms with Gasteiger partial charge >= 0.3 is 0 Å². The summed E-state index contributed by atoms with van der Waals surface area (Å²) < 4.78 is 13.6. The van der Waals surface area contributed by atoms with E-state index in [0.717, 1.165) is 19.3 Å². The van der Waals surface area contributed by atoms with Crippen LogP contribution in [0.25, 0.3) is 0 Å². The Labute approximate surface area is 100 Å². The second-order valence-corrected chi connectivity index (χ2v) is 5.49. The summed E-state index contributed by atoms with van der Waals surface area (Å²) in [6.07, 6.45) is 2.84. The third-order valence-corrected chi connectivity index (χ3v) is 3.83. The van der Waals surface area contributed by atoms with E-state index in [0.29, 0.717) is 17.0 Å². The molecule has 1 aromatic rings. The number of aliphatic hydroxyl groups excluding tert-OH is 1. The van der Waals surface area contributed by atoms with E-state index in [1.54, 1.807) is 12.1 Å². The van der Waals surface area contributed by atoms with Crippen LogP contribution in [0, 0.1) is 11.2 Å². The van der Waals surface area contributed by atoms with E-state index in [9.17, 15) is 9.50 Å². The lowest BCUT2D eigenvalue weighted by Crippen LogP contribution is -2.17. The second-order valence-electron chi connectivity index (χ2n) is 5.08. The SMILES string of the molecule is CC1(Cc2c(F)cccc2Cl)CCC(O)C1. The van der Waals surface area contributed by atoms with Crippen molar-refractivity contribution in [3.63, 3.8) is 0 Å². The predicted molar refractivity (Wildman–Crippen MR) is 63.1 cm³/mol. The molecule has 0 aromatic heterocycles. The van der Waals surface area contributed by atoms with Gasteiger partial charge in [0.05, 0.1) is 6.10 Å². The van der Waals surface area contributed by atoms with Crippen LogP contribution >= 0.6 is 11.6 Å². The highest BCUT2D eigenvalue weighted by Crippen LogP contribution is 2.42. The number of halogens is 2. The molecule has 1 saturated carbocycles. The van der Waals surface area contributed by atoms with E-state index in [1.807, 2.05) is 0 Å². The Bertz CT molecular complexity index is 373. The quantitative estimate of drug-likeness (QED) is 0.841. The van der Waals surface area contributed by atoms with Gasteiger partial charge < -0.3 is 5.11 Å². The molecule has 0 aliphatic heterocycles. The molecule has 1 nitrogen and oxygen atoms in total. The maximum atomic E-state index is 13.6. The lowest BCUT2D eigenvalue weighted by atomic mass is 9.82. The van der Waals surface area contributed by atoms with Gasteiger partial charge in [0, 0.05) is 10.6 Å². The fraction of sp³-hybridized carbons (Fsp3) is 0.538. The maximum absolute atomic E-state index is 13.6. The first-order chi connectivity index (χ1) is 7.50. The van der Waals surface area contributed by atoms with Crippen molar-refractivity contribution in [1.29, 1.82) is 0 Å². The summed E-state index contributed by atoms with van der Waals surface area (Å²) in [5.74, 6) is -0.241. The number of hydrogen-bond donors (Lipinski definition) is 1. The third kappa shape index (κ3) is 2.38. The topological polar surface area (TPSA) is 20.2 Å². The first-order valence-electron chi connectivity index (χ1n) is 5.61. The van der Waals surface area contributed by atoms with Crippen molar-refractivity contribution < 1.29 is 9.50 Å². The number of hydrogen-bond acceptors (Lipinski definition) is 1. The lowest BCUT2D eigenvalue weighted by Gasteiger charge is -2.24. The van der Waals surface area contributed by atoms with E-state index in [4.69, 9.17) is 11.6 Å². The molecular formula is C13H16ClFO. The van der Waals surface area contributed by atoms with E-state index in [1.165, 1.54) is 6.07 Å². The summed E-state index contributed by atoms with van der Waals surface area (Å²) in [6, 6.07) is 4.78. The Hall–Kier alpha value is -0.600. The predicted octanol–water partition coefficient (Wildman–Crippen LogP) is 3.57. The van der Waals surface area contributed by atoms with E-state index >= 15 is 0 Å². The first-order valence-corrected chi connectivity index (χ1v) is 5.99. The van der Waals surface area contributed by atoms with E-state index in [2.05, 4.69) is 6.92 Å². The van der Waals surface area contributed by atoms with Crippen molar-refractivity contribution in [3.05, 3.63) is 34.6 Å². The zero-order valence-corrected chi connectivity index (χ0v) is 10.1. The molecule has 1 N–H and O–H groups in total. The zero-order valence-electron chi connectivity index (χ0n) is 9.34. The molecule has 1 aromatic carbocycles. The van der Waals surface area contributed by atoms with Crippen LogP contribution in [0.4, 0.5) is 4.39 Å². The van der Waals surface area contributed by atoms with Crippen molar-refractivity contribution in [2.75, 3.05) is 0 Å². The van der Waals surface area contributed by atoms with Gasteiger partial charge in [0.2, 0.25) is 0 Å². The standard InChI is InChI=1S/C13H16ClFO/c1-13(6-5-9(16)7-13)8-10-11(14)3-2-4-12(10)15/h2-4,9,16H,5-8H2,1H3. The summed E-state index contributed by atoms with van der Waals surface area (Å²) in [4.78, 5) is 0. The van der Waals surface area contributed by atoms with Crippen LogP contribution in [0.3, 0.4) is 0 Å². The molecule has 0 saturated heterocycles. The summed E-state index contributed by atoms with van der Waals surface area (Å²) in [5, 5.41) is 10.0. The summed E-state index contributed by atoms with van der Waals surface area (Å²) in [7, 11) is 0. The molecule has 0 heterocycles. The summed E-state index contributed by atoms with van der Waals surface area (Å²) >= 11 is 6.00. The number of aliphatic hydroxyl groups is 1. The minimum Gasteiger partial charge on any atom is -0.393 e. The molecule has 88 valence electrons. The minimum absolute atomic E-state index is 0.0226. The zero-order chi connectivity index (χ0) is 11.8. The molecule has 16 heavy (non-hydrogen) atoms. The molecule has 1 fully saturated rings. The van der Waals surface area contributed by atoms with Gasteiger partial charge in [-0.3, -0.25) is 0 Å². The largest absolute Gasteiger partial charge is 0.393 e. The second kappa shape index (κ2) is 4.34. The Morgan fingerprint density at radius 3 is 2.88 bits per heavy atom. The van der Waals surface area contributed by atoms with E-state index < -0.39 is 0 Å². The van der Waals surface area contributed by atoms with Crippen molar-refractivity contribution in [2.24, 2.45) is 5.41 Å². The maximum Gasteiger partial charge on any atom is 0.127 e. The monoisotopic (exact) mass is 242 g/mol. The first kappa shape index (κ1) is 11.9. The molecule has 0 spiro atoms. The van der Waals surface area contributed by atoms with Crippen LogP contribution in [-0.4, -0.2) is 11.2 Å². The van der Waals surface area contributed by atoms with Crippen LogP contribution in [0.1, 0.15) is 31.7 Å². The van der Waals surface area contributed by atoms with Gasteiger partial charge in [0.1, 0.15) is 5.82 Å². The summed E-state index contributed by atoms with van der Waals surface area (Å²) in [5.41, 5.74) is 0.561. The van der Waals surface area contributed by atoms with Gasteiger partial charge in [0.25, 0.3) is 0 Å². The van der Waals surface area contributed by atoms with E-state index in [-0.39, 0.29) is 17.3 Å². The highest BCUT2D eigenvalue weighted by Gasteiger charge is 2.35.